The van der Waals surface area contributed by atoms with Crippen molar-refractivity contribution in [1.29, 1.82) is 0 Å². The van der Waals surface area contributed by atoms with Crippen molar-refractivity contribution in [2.24, 2.45) is 5.92 Å². The van der Waals surface area contributed by atoms with Crippen molar-refractivity contribution in [1.82, 2.24) is 15.3 Å². The van der Waals surface area contributed by atoms with Gasteiger partial charge in [-0.05, 0) is 19.3 Å². The van der Waals surface area contributed by atoms with Crippen molar-refractivity contribution in [3.05, 3.63) is 18.6 Å². The standard InChI is InChI=1S/C16H22F2N4O2/c17-16(18)3-1-12(2-4-16)14(23)21-10-15(24)5-8-22(11-15)13-9-19-6-7-20-13/h6-7,9,12,24H,1-5,8,10-11H2,(H,21,23). The second-order valence-electron chi connectivity index (χ2n) is 6.81. The summed E-state index contributed by atoms with van der Waals surface area (Å²) in [5.41, 5.74) is -1.04. The van der Waals surface area contributed by atoms with Crippen LogP contribution in [0.25, 0.3) is 0 Å². The number of aliphatic hydroxyl groups is 1. The van der Waals surface area contributed by atoms with Crippen LogP contribution >= 0.6 is 0 Å². The Hall–Kier alpha value is -1.83. The summed E-state index contributed by atoms with van der Waals surface area (Å²) in [7, 11) is 0. The van der Waals surface area contributed by atoms with Crippen molar-refractivity contribution >= 4 is 11.7 Å². The number of rotatable bonds is 4. The molecule has 1 aromatic heterocycles. The van der Waals surface area contributed by atoms with Crippen LogP contribution in [0, 0.1) is 5.92 Å². The smallest absolute Gasteiger partial charge is 0.248 e. The van der Waals surface area contributed by atoms with Gasteiger partial charge >= 0.3 is 0 Å². The van der Waals surface area contributed by atoms with Gasteiger partial charge in [0.05, 0.1) is 6.20 Å². The Bertz CT molecular complexity index is 577. The Balaban J connectivity index is 1.49. The van der Waals surface area contributed by atoms with Crippen LogP contribution in [0.2, 0.25) is 0 Å². The molecule has 1 atom stereocenters. The number of alkyl halides is 2. The summed E-state index contributed by atoms with van der Waals surface area (Å²) in [5.74, 6) is -2.57. The van der Waals surface area contributed by atoms with E-state index < -0.39 is 11.5 Å². The first-order valence-corrected chi connectivity index (χ1v) is 8.26. The van der Waals surface area contributed by atoms with E-state index in [-0.39, 0.29) is 44.1 Å². The maximum absolute atomic E-state index is 13.1. The average Bonchev–Trinajstić information content (AvgIpc) is 2.96. The SMILES string of the molecule is O=C(NCC1(O)CCN(c2cnccn2)C1)C1CCC(F)(F)CC1. The molecule has 1 amide bonds. The molecule has 2 N–H and O–H groups in total. The maximum atomic E-state index is 13.1. The van der Waals surface area contributed by atoms with Crippen LogP contribution in [0.3, 0.4) is 0 Å². The van der Waals surface area contributed by atoms with Gasteiger partial charge in [-0.1, -0.05) is 0 Å². The molecule has 0 aromatic carbocycles. The van der Waals surface area contributed by atoms with Gasteiger partial charge in [-0.3, -0.25) is 9.78 Å². The number of hydrogen-bond acceptors (Lipinski definition) is 5. The van der Waals surface area contributed by atoms with Crippen LogP contribution in [-0.2, 0) is 4.79 Å². The summed E-state index contributed by atoms with van der Waals surface area (Å²) < 4.78 is 26.3. The fourth-order valence-electron chi connectivity index (χ4n) is 3.35. The molecule has 1 aliphatic carbocycles. The molecule has 3 rings (SSSR count). The highest BCUT2D eigenvalue weighted by Crippen LogP contribution is 2.36. The number of hydrogen-bond donors (Lipinski definition) is 2. The van der Waals surface area contributed by atoms with Crippen LogP contribution in [0.1, 0.15) is 32.1 Å². The maximum Gasteiger partial charge on any atom is 0.248 e. The highest BCUT2D eigenvalue weighted by atomic mass is 19.3. The zero-order valence-corrected chi connectivity index (χ0v) is 13.4. The van der Waals surface area contributed by atoms with Crippen LogP contribution in [0.15, 0.2) is 18.6 Å². The molecule has 1 aliphatic heterocycles. The van der Waals surface area contributed by atoms with E-state index in [9.17, 15) is 18.7 Å². The van der Waals surface area contributed by atoms with E-state index in [0.717, 1.165) is 0 Å². The largest absolute Gasteiger partial charge is 0.386 e. The average molecular weight is 340 g/mol. The van der Waals surface area contributed by atoms with Gasteiger partial charge in [-0.25, -0.2) is 13.8 Å². The van der Waals surface area contributed by atoms with Crippen molar-refractivity contribution < 1.29 is 18.7 Å². The lowest BCUT2D eigenvalue weighted by atomic mass is 9.86. The highest BCUT2D eigenvalue weighted by Gasteiger charge is 2.40. The highest BCUT2D eigenvalue weighted by molar-refractivity contribution is 5.78. The van der Waals surface area contributed by atoms with Crippen molar-refractivity contribution in [2.45, 2.75) is 43.6 Å². The Morgan fingerprint density at radius 1 is 1.33 bits per heavy atom. The minimum absolute atomic E-state index is 0.121. The van der Waals surface area contributed by atoms with Gasteiger partial charge in [-0.2, -0.15) is 0 Å². The summed E-state index contributed by atoms with van der Waals surface area (Å²) >= 11 is 0. The summed E-state index contributed by atoms with van der Waals surface area (Å²) in [6.07, 6.45) is 5.23. The van der Waals surface area contributed by atoms with E-state index in [0.29, 0.717) is 25.3 Å². The molecule has 1 aromatic rings. The number of carbonyl (C=O) groups is 1. The first kappa shape index (κ1) is 17.0. The summed E-state index contributed by atoms with van der Waals surface area (Å²) in [6.45, 7) is 1.10. The molecular weight excluding hydrogens is 318 g/mol. The van der Waals surface area contributed by atoms with Gasteiger partial charge in [0.1, 0.15) is 11.4 Å². The van der Waals surface area contributed by atoms with E-state index in [1.54, 1.807) is 18.6 Å². The predicted molar refractivity (Wildman–Crippen MR) is 83.7 cm³/mol. The lowest BCUT2D eigenvalue weighted by Crippen LogP contribution is -2.47. The zero-order chi connectivity index (χ0) is 17.2. The lowest BCUT2D eigenvalue weighted by molar-refractivity contribution is -0.130. The van der Waals surface area contributed by atoms with Gasteiger partial charge < -0.3 is 15.3 Å². The number of aromatic nitrogens is 2. The predicted octanol–water partition coefficient (Wildman–Crippen LogP) is 1.36. The van der Waals surface area contributed by atoms with E-state index >= 15 is 0 Å². The number of β-amino-alcohol motifs (C(OH)–C–C–N with tert-alkyl or cyclic N) is 1. The summed E-state index contributed by atoms with van der Waals surface area (Å²) in [5, 5.41) is 13.4. The van der Waals surface area contributed by atoms with Crippen molar-refractivity contribution in [3.63, 3.8) is 0 Å². The third-order valence-corrected chi connectivity index (χ3v) is 4.89. The topological polar surface area (TPSA) is 78.4 Å². The first-order valence-electron chi connectivity index (χ1n) is 8.26. The van der Waals surface area contributed by atoms with Crippen LogP contribution in [-0.4, -0.2) is 52.1 Å². The lowest BCUT2D eigenvalue weighted by Gasteiger charge is -2.29. The molecule has 24 heavy (non-hydrogen) atoms. The minimum atomic E-state index is -2.64. The Labute approximate surface area is 139 Å². The van der Waals surface area contributed by atoms with Gasteiger partial charge in [0.2, 0.25) is 11.8 Å². The monoisotopic (exact) mass is 340 g/mol. The molecule has 1 unspecified atom stereocenters. The molecule has 1 saturated carbocycles. The molecule has 0 bridgehead atoms. The molecular formula is C16H22F2N4O2. The van der Waals surface area contributed by atoms with Gasteiger partial charge in [-0.15, -0.1) is 0 Å². The van der Waals surface area contributed by atoms with E-state index in [4.69, 9.17) is 0 Å². The normalized spacial score (nSPS) is 27.2. The number of nitrogens with one attached hydrogen (secondary N) is 1. The van der Waals surface area contributed by atoms with Crippen molar-refractivity contribution in [2.75, 3.05) is 24.5 Å². The second kappa shape index (κ2) is 6.58. The third kappa shape index (κ3) is 3.98. The molecule has 2 heterocycles. The van der Waals surface area contributed by atoms with Gasteiger partial charge in [0.25, 0.3) is 0 Å². The number of amides is 1. The van der Waals surface area contributed by atoms with Crippen molar-refractivity contribution in [3.8, 4) is 0 Å². The van der Waals surface area contributed by atoms with Crippen LogP contribution < -0.4 is 10.2 Å². The van der Waals surface area contributed by atoms with E-state index in [1.165, 1.54) is 0 Å². The molecule has 1 saturated heterocycles. The molecule has 8 heteroatoms. The van der Waals surface area contributed by atoms with E-state index in [1.807, 2.05) is 4.90 Å². The van der Waals surface area contributed by atoms with Gasteiger partial charge in [0.15, 0.2) is 0 Å². The fraction of sp³-hybridized carbons (Fsp3) is 0.688. The Morgan fingerprint density at radius 3 is 2.75 bits per heavy atom. The molecule has 6 nitrogen and oxygen atoms in total. The van der Waals surface area contributed by atoms with Crippen LogP contribution in [0.4, 0.5) is 14.6 Å². The molecule has 2 fully saturated rings. The molecule has 132 valence electrons. The number of halogens is 2. The quantitative estimate of drug-likeness (QED) is 0.865. The van der Waals surface area contributed by atoms with E-state index in [2.05, 4.69) is 15.3 Å². The zero-order valence-electron chi connectivity index (χ0n) is 13.4. The number of carbonyl (C=O) groups excluding carboxylic acids is 1. The fourth-order valence-corrected chi connectivity index (χ4v) is 3.35. The molecule has 2 aliphatic rings. The summed E-state index contributed by atoms with van der Waals surface area (Å²) in [6, 6.07) is 0. The Kier molecular flexibility index (Phi) is 4.67. The number of nitrogens with zero attached hydrogens (tertiary/aromatic N) is 3. The molecule has 0 spiro atoms. The second-order valence-corrected chi connectivity index (χ2v) is 6.81. The third-order valence-electron chi connectivity index (χ3n) is 4.89. The first-order chi connectivity index (χ1) is 11.4. The Morgan fingerprint density at radius 2 is 2.08 bits per heavy atom. The van der Waals surface area contributed by atoms with Gasteiger partial charge in [0, 0.05) is 50.8 Å². The van der Waals surface area contributed by atoms with Crippen LogP contribution in [0.5, 0.6) is 0 Å². The molecule has 0 radical (unpaired) electrons. The summed E-state index contributed by atoms with van der Waals surface area (Å²) in [4.78, 5) is 22.3. The number of anilines is 1. The minimum Gasteiger partial charge on any atom is -0.386 e.